The Bertz CT molecular complexity index is 264. The van der Waals surface area contributed by atoms with E-state index in [0.29, 0.717) is 11.8 Å². The highest BCUT2D eigenvalue weighted by molar-refractivity contribution is 5.82. The molecule has 1 atom stereocenters. The summed E-state index contributed by atoms with van der Waals surface area (Å²) in [5, 5.41) is 3.22. The largest absolute Gasteiger partial charge is 0.468 e. The Morgan fingerprint density at radius 1 is 1.53 bits per heavy atom. The highest BCUT2D eigenvalue weighted by atomic mass is 16.5. The predicted molar refractivity (Wildman–Crippen MR) is 68.9 cm³/mol. The van der Waals surface area contributed by atoms with Gasteiger partial charge in [0.2, 0.25) is 0 Å². The lowest BCUT2D eigenvalue weighted by Crippen LogP contribution is -2.59. The molecule has 1 saturated carbocycles. The number of methoxy groups -OCH3 is 1. The molecule has 1 rings (SSSR count). The fourth-order valence-electron chi connectivity index (χ4n) is 2.62. The monoisotopic (exact) mass is 242 g/mol. The third-order valence-electron chi connectivity index (χ3n) is 3.47. The average Bonchev–Trinajstić information content (AvgIpc) is 3.07. The highest BCUT2D eigenvalue weighted by Crippen LogP contribution is 2.40. The van der Waals surface area contributed by atoms with E-state index in [-0.39, 0.29) is 5.97 Å². The number of likely N-dealkylation sites (N-methyl/N-ethyl adjacent to an activating group) is 2. The summed E-state index contributed by atoms with van der Waals surface area (Å²) in [6.45, 7) is 6.09. The molecule has 0 aromatic carbocycles. The number of ether oxygens (including phenoxy) is 1. The molecule has 1 N–H and O–H groups in total. The van der Waals surface area contributed by atoms with Crippen LogP contribution in [0.1, 0.15) is 26.7 Å². The first-order chi connectivity index (χ1) is 7.96. The molecule has 0 heterocycles. The molecule has 0 saturated heterocycles. The molecule has 0 amide bonds. The van der Waals surface area contributed by atoms with Crippen molar-refractivity contribution in [2.24, 2.45) is 11.8 Å². The van der Waals surface area contributed by atoms with E-state index in [4.69, 9.17) is 4.74 Å². The Morgan fingerprint density at radius 3 is 2.47 bits per heavy atom. The van der Waals surface area contributed by atoms with E-state index in [1.165, 1.54) is 7.11 Å². The van der Waals surface area contributed by atoms with E-state index in [1.54, 1.807) is 0 Å². The van der Waals surface area contributed by atoms with Crippen molar-refractivity contribution in [3.05, 3.63) is 0 Å². The van der Waals surface area contributed by atoms with E-state index < -0.39 is 5.54 Å². The summed E-state index contributed by atoms with van der Waals surface area (Å²) in [4.78, 5) is 14.3. The lowest BCUT2D eigenvalue weighted by Gasteiger charge is -2.35. The van der Waals surface area contributed by atoms with Gasteiger partial charge in [-0.15, -0.1) is 0 Å². The van der Waals surface area contributed by atoms with E-state index in [9.17, 15) is 4.79 Å². The molecule has 0 bridgehead atoms. The molecule has 0 aliphatic heterocycles. The van der Waals surface area contributed by atoms with Gasteiger partial charge >= 0.3 is 5.97 Å². The Morgan fingerprint density at radius 2 is 2.12 bits per heavy atom. The topological polar surface area (TPSA) is 41.6 Å². The minimum Gasteiger partial charge on any atom is -0.468 e. The molecule has 4 nitrogen and oxygen atoms in total. The molecule has 1 aliphatic rings. The summed E-state index contributed by atoms with van der Waals surface area (Å²) >= 11 is 0. The van der Waals surface area contributed by atoms with Crippen molar-refractivity contribution in [2.75, 3.05) is 34.3 Å². The number of carbonyl (C=O) groups is 1. The number of nitrogens with zero attached hydrogens (tertiary/aromatic N) is 1. The van der Waals surface area contributed by atoms with Crippen molar-refractivity contribution in [3.8, 4) is 0 Å². The Kier molecular flexibility index (Phi) is 4.95. The number of carbonyl (C=O) groups excluding carboxylic acids is 1. The summed E-state index contributed by atoms with van der Waals surface area (Å²) in [7, 11) is 5.40. The van der Waals surface area contributed by atoms with Crippen LogP contribution in [0.15, 0.2) is 0 Å². The highest BCUT2D eigenvalue weighted by Gasteiger charge is 2.51. The minimum atomic E-state index is -0.515. The molecule has 4 heteroatoms. The number of esters is 1. The second-order valence-electron chi connectivity index (χ2n) is 5.58. The van der Waals surface area contributed by atoms with Crippen LogP contribution in [0.25, 0.3) is 0 Å². The van der Waals surface area contributed by atoms with Crippen LogP contribution in [-0.4, -0.2) is 50.7 Å². The fraction of sp³-hybridized carbons (Fsp3) is 0.923. The SMILES string of the molecule is CNC(CN(C)CC(C)C)(C(=O)OC)C1CC1. The smallest absolute Gasteiger partial charge is 0.327 e. The molecule has 17 heavy (non-hydrogen) atoms. The van der Waals surface area contributed by atoms with Crippen LogP contribution < -0.4 is 5.32 Å². The van der Waals surface area contributed by atoms with Crippen LogP contribution in [0, 0.1) is 11.8 Å². The second-order valence-corrected chi connectivity index (χ2v) is 5.58. The average molecular weight is 242 g/mol. The number of nitrogens with one attached hydrogen (secondary N) is 1. The lowest BCUT2D eigenvalue weighted by atomic mass is 9.92. The maximum Gasteiger partial charge on any atom is 0.327 e. The summed E-state index contributed by atoms with van der Waals surface area (Å²) in [6.07, 6.45) is 2.23. The Labute approximate surface area is 105 Å². The lowest BCUT2D eigenvalue weighted by molar-refractivity contribution is -0.150. The van der Waals surface area contributed by atoms with Crippen LogP contribution in [0.3, 0.4) is 0 Å². The van der Waals surface area contributed by atoms with Gasteiger partial charge in [0.1, 0.15) is 5.54 Å². The van der Waals surface area contributed by atoms with Crippen LogP contribution >= 0.6 is 0 Å². The van der Waals surface area contributed by atoms with Gasteiger partial charge in [-0.25, -0.2) is 4.79 Å². The van der Waals surface area contributed by atoms with Gasteiger partial charge in [-0.3, -0.25) is 0 Å². The van der Waals surface area contributed by atoms with Crippen molar-refractivity contribution in [1.29, 1.82) is 0 Å². The quantitative estimate of drug-likeness (QED) is 0.679. The minimum absolute atomic E-state index is 0.127. The normalized spacial score (nSPS) is 19.5. The molecule has 0 spiro atoms. The summed E-state index contributed by atoms with van der Waals surface area (Å²) < 4.78 is 4.99. The standard InChI is InChI=1S/C13H26N2O2/c1-10(2)8-15(4)9-13(14-3,11-6-7-11)12(16)17-5/h10-11,14H,6-9H2,1-5H3. The molecule has 0 aromatic rings. The number of rotatable bonds is 7. The van der Waals surface area contributed by atoms with Crippen molar-refractivity contribution >= 4 is 5.97 Å². The Balaban J connectivity index is 2.72. The summed E-state index contributed by atoms with van der Waals surface area (Å²) in [5.41, 5.74) is -0.515. The number of hydrogen-bond acceptors (Lipinski definition) is 4. The van der Waals surface area contributed by atoms with Gasteiger partial charge in [0.05, 0.1) is 7.11 Å². The first-order valence-corrected chi connectivity index (χ1v) is 6.42. The van der Waals surface area contributed by atoms with Crippen LogP contribution in [0.4, 0.5) is 0 Å². The summed E-state index contributed by atoms with van der Waals surface area (Å²) in [6, 6.07) is 0. The van der Waals surface area contributed by atoms with Crippen molar-refractivity contribution < 1.29 is 9.53 Å². The number of hydrogen-bond donors (Lipinski definition) is 1. The zero-order valence-electron chi connectivity index (χ0n) is 11.7. The maximum absolute atomic E-state index is 12.1. The zero-order valence-corrected chi connectivity index (χ0v) is 11.7. The van der Waals surface area contributed by atoms with E-state index in [2.05, 4.69) is 31.1 Å². The molecular weight excluding hydrogens is 216 g/mol. The molecule has 1 fully saturated rings. The third-order valence-corrected chi connectivity index (χ3v) is 3.47. The first-order valence-electron chi connectivity index (χ1n) is 6.42. The van der Waals surface area contributed by atoms with Gasteiger partial charge in [0, 0.05) is 13.1 Å². The van der Waals surface area contributed by atoms with Crippen molar-refractivity contribution in [3.63, 3.8) is 0 Å². The molecular formula is C13H26N2O2. The van der Waals surface area contributed by atoms with Gasteiger partial charge in [-0.2, -0.15) is 0 Å². The van der Waals surface area contributed by atoms with E-state index in [0.717, 1.165) is 25.9 Å². The zero-order chi connectivity index (χ0) is 13.1. The summed E-state index contributed by atoms with van der Waals surface area (Å²) in [5.74, 6) is 0.902. The Hall–Kier alpha value is -0.610. The predicted octanol–water partition coefficient (Wildman–Crippen LogP) is 1.12. The van der Waals surface area contributed by atoms with Gasteiger partial charge in [-0.05, 0) is 38.8 Å². The first kappa shape index (κ1) is 14.5. The van der Waals surface area contributed by atoms with Crippen molar-refractivity contribution in [2.45, 2.75) is 32.2 Å². The maximum atomic E-state index is 12.1. The van der Waals surface area contributed by atoms with Gasteiger partial charge in [0.15, 0.2) is 0 Å². The van der Waals surface area contributed by atoms with Crippen LogP contribution in [0.2, 0.25) is 0 Å². The van der Waals surface area contributed by atoms with Gasteiger partial charge in [-0.1, -0.05) is 13.8 Å². The molecule has 100 valence electrons. The molecule has 0 aromatic heterocycles. The van der Waals surface area contributed by atoms with E-state index >= 15 is 0 Å². The van der Waals surface area contributed by atoms with E-state index in [1.807, 2.05) is 7.05 Å². The molecule has 1 aliphatic carbocycles. The third kappa shape index (κ3) is 3.42. The molecule has 1 unspecified atom stereocenters. The second kappa shape index (κ2) is 5.83. The van der Waals surface area contributed by atoms with Gasteiger partial charge < -0.3 is 15.0 Å². The van der Waals surface area contributed by atoms with Gasteiger partial charge in [0.25, 0.3) is 0 Å². The molecule has 0 radical (unpaired) electrons. The van der Waals surface area contributed by atoms with Crippen LogP contribution in [0.5, 0.6) is 0 Å². The van der Waals surface area contributed by atoms with Crippen LogP contribution in [-0.2, 0) is 9.53 Å². The fourth-order valence-corrected chi connectivity index (χ4v) is 2.62. The van der Waals surface area contributed by atoms with Crippen molar-refractivity contribution in [1.82, 2.24) is 10.2 Å².